The van der Waals surface area contributed by atoms with Crippen molar-refractivity contribution in [3.8, 4) is 11.1 Å². The molecule has 2 aromatic rings. The van der Waals surface area contributed by atoms with Gasteiger partial charge in [-0.2, -0.15) is 0 Å². The second-order valence-corrected chi connectivity index (χ2v) is 8.86. The first kappa shape index (κ1) is 21.0. The first-order chi connectivity index (χ1) is 13.5. The van der Waals surface area contributed by atoms with E-state index in [1.165, 1.54) is 50.5 Å². The average Bonchev–Trinajstić information content (AvgIpc) is 2.72. The van der Waals surface area contributed by atoms with E-state index in [1.807, 2.05) is 12.1 Å². The van der Waals surface area contributed by atoms with Crippen LogP contribution in [0.3, 0.4) is 0 Å². The molecule has 1 saturated carbocycles. The van der Waals surface area contributed by atoms with Gasteiger partial charge in [-0.3, -0.25) is 0 Å². The molecule has 152 valence electrons. The summed E-state index contributed by atoms with van der Waals surface area (Å²) in [6, 6.07) is 11.3. The van der Waals surface area contributed by atoms with Gasteiger partial charge in [0.25, 0.3) is 0 Å². The summed E-state index contributed by atoms with van der Waals surface area (Å²) in [7, 11) is 0. The van der Waals surface area contributed by atoms with Crippen LogP contribution in [0.1, 0.15) is 69.9 Å². The maximum atomic E-state index is 14.2. The molecule has 3 rings (SSSR count). The molecule has 0 N–H and O–H groups in total. The first-order valence-corrected chi connectivity index (χ1v) is 11.0. The Labute approximate surface area is 169 Å². The molecule has 28 heavy (non-hydrogen) atoms. The van der Waals surface area contributed by atoms with Crippen molar-refractivity contribution < 1.29 is 8.78 Å². The minimum atomic E-state index is -0.749. The lowest BCUT2D eigenvalue weighted by molar-refractivity contribution is 0.205. The molecule has 2 aromatic carbocycles. The van der Waals surface area contributed by atoms with Crippen molar-refractivity contribution in [1.82, 2.24) is 0 Å². The van der Waals surface area contributed by atoms with Crippen LogP contribution >= 0.6 is 0 Å². The normalized spacial score (nSPS) is 20.9. The molecule has 1 aliphatic carbocycles. The smallest absolute Gasteiger partial charge is 0.166 e. The van der Waals surface area contributed by atoms with Crippen LogP contribution in [0.5, 0.6) is 0 Å². The molecule has 1 fully saturated rings. The van der Waals surface area contributed by atoms with Gasteiger partial charge in [0, 0.05) is 5.56 Å². The SMILES string of the molecule is CCCCC1CCC(C(C)Cc2ccc(-c3ccc(C)c(F)c3F)cc2)CC1. The first-order valence-electron chi connectivity index (χ1n) is 11.0. The molecule has 0 radical (unpaired) electrons. The summed E-state index contributed by atoms with van der Waals surface area (Å²) in [6.45, 7) is 6.24. The summed E-state index contributed by atoms with van der Waals surface area (Å²) < 4.78 is 28.1. The van der Waals surface area contributed by atoms with Crippen molar-refractivity contribution in [1.29, 1.82) is 0 Å². The molecular weight excluding hydrogens is 350 g/mol. The Morgan fingerprint density at radius 3 is 2.25 bits per heavy atom. The van der Waals surface area contributed by atoms with Crippen LogP contribution in [0.4, 0.5) is 8.78 Å². The van der Waals surface area contributed by atoms with Gasteiger partial charge >= 0.3 is 0 Å². The largest absolute Gasteiger partial charge is 0.203 e. The molecule has 1 unspecified atom stereocenters. The molecule has 0 aliphatic heterocycles. The number of unbranched alkanes of at least 4 members (excludes halogenated alkanes) is 1. The second-order valence-electron chi connectivity index (χ2n) is 8.86. The number of hydrogen-bond donors (Lipinski definition) is 0. The van der Waals surface area contributed by atoms with Gasteiger partial charge < -0.3 is 0 Å². The van der Waals surface area contributed by atoms with E-state index in [-0.39, 0.29) is 0 Å². The van der Waals surface area contributed by atoms with Gasteiger partial charge in [-0.25, -0.2) is 8.78 Å². The molecule has 0 aromatic heterocycles. The minimum Gasteiger partial charge on any atom is -0.203 e. The molecule has 0 spiro atoms. The van der Waals surface area contributed by atoms with Crippen LogP contribution in [0.2, 0.25) is 0 Å². The van der Waals surface area contributed by atoms with Crippen LogP contribution in [-0.2, 0) is 6.42 Å². The number of hydrogen-bond acceptors (Lipinski definition) is 0. The fourth-order valence-electron chi connectivity index (χ4n) is 4.77. The van der Waals surface area contributed by atoms with E-state index >= 15 is 0 Å². The predicted molar refractivity (Wildman–Crippen MR) is 114 cm³/mol. The fourth-order valence-corrected chi connectivity index (χ4v) is 4.77. The van der Waals surface area contributed by atoms with Gasteiger partial charge in [-0.15, -0.1) is 0 Å². The highest BCUT2D eigenvalue weighted by molar-refractivity contribution is 5.65. The standard InChI is InChI=1S/C26H34F2/c1-4-5-6-20-8-12-22(13-9-20)19(3)17-21-10-14-23(15-11-21)24-16-7-18(2)25(27)26(24)28/h7,10-11,14-16,19-20,22H,4-6,8-9,12-13,17H2,1-3H3. The van der Waals surface area contributed by atoms with Crippen LogP contribution in [0.25, 0.3) is 11.1 Å². The fraction of sp³-hybridized carbons (Fsp3) is 0.538. The Bertz CT molecular complexity index is 755. The van der Waals surface area contributed by atoms with Crippen molar-refractivity contribution in [2.75, 3.05) is 0 Å². The Kier molecular flexibility index (Phi) is 7.26. The Morgan fingerprint density at radius 2 is 1.61 bits per heavy atom. The monoisotopic (exact) mass is 384 g/mol. The third-order valence-electron chi connectivity index (χ3n) is 6.76. The lowest BCUT2D eigenvalue weighted by Crippen LogP contribution is -2.21. The Morgan fingerprint density at radius 1 is 0.929 bits per heavy atom. The van der Waals surface area contributed by atoms with Crippen LogP contribution < -0.4 is 0 Å². The summed E-state index contributed by atoms with van der Waals surface area (Å²) in [4.78, 5) is 0. The zero-order chi connectivity index (χ0) is 20.1. The van der Waals surface area contributed by atoms with Gasteiger partial charge in [0.1, 0.15) is 0 Å². The molecule has 0 bridgehead atoms. The molecule has 1 aliphatic rings. The Hall–Kier alpha value is -1.70. The van der Waals surface area contributed by atoms with Gasteiger partial charge in [-0.05, 0) is 60.6 Å². The predicted octanol–water partition coefficient (Wildman–Crippen LogP) is 8.12. The highest BCUT2D eigenvalue weighted by Gasteiger charge is 2.25. The molecule has 0 nitrogen and oxygen atoms in total. The number of aryl methyl sites for hydroxylation is 1. The number of rotatable bonds is 7. The van der Waals surface area contributed by atoms with Crippen molar-refractivity contribution in [2.45, 2.75) is 72.1 Å². The molecule has 2 heteroatoms. The number of halogens is 2. The van der Waals surface area contributed by atoms with Crippen molar-refractivity contribution in [3.63, 3.8) is 0 Å². The van der Waals surface area contributed by atoms with Crippen LogP contribution in [-0.4, -0.2) is 0 Å². The Balaban J connectivity index is 1.58. The molecule has 0 saturated heterocycles. The summed E-state index contributed by atoms with van der Waals surface area (Å²) in [5.74, 6) is 0.950. The van der Waals surface area contributed by atoms with E-state index in [9.17, 15) is 8.78 Å². The maximum Gasteiger partial charge on any atom is 0.166 e. The van der Waals surface area contributed by atoms with Crippen molar-refractivity contribution in [3.05, 3.63) is 59.2 Å². The van der Waals surface area contributed by atoms with Crippen LogP contribution in [0, 0.1) is 36.3 Å². The summed E-state index contributed by atoms with van der Waals surface area (Å²) in [6.07, 6.45) is 10.7. The molecule has 0 amide bonds. The summed E-state index contributed by atoms with van der Waals surface area (Å²) >= 11 is 0. The highest BCUT2D eigenvalue weighted by Crippen LogP contribution is 2.37. The van der Waals surface area contributed by atoms with E-state index in [4.69, 9.17) is 0 Å². The van der Waals surface area contributed by atoms with E-state index in [1.54, 1.807) is 19.1 Å². The van der Waals surface area contributed by atoms with E-state index in [0.29, 0.717) is 17.0 Å². The lowest BCUT2D eigenvalue weighted by atomic mass is 9.73. The second kappa shape index (κ2) is 9.67. The average molecular weight is 385 g/mol. The quantitative estimate of drug-likeness (QED) is 0.452. The summed E-state index contributed by atoms with van der Waals surface area (Å²) in [5, 5.41) is 0. The van der Waals surface area contributed by atoms with Gasteiger partial charge in [0.15, 0.2) is 11.6 Å². The summed E-state index contributed by atoms with van der Waals surface area (Å²) in [5.41, 5.74) is 2.71. The maximum absolute atomic E-state index is 14.2. The molecule has 0 heterocycles. The van der Waals surface area contributed by atoms with Gasteiger partial charge in [0.2, 0.25) is 0 Å². The van der Waals surface area contributed by atoms with Gasteiger partial charge in [-0.1, -0.05) is 82.3 Å². The van der Waals surface area contributed by atoms with E-state index in [0.717, 1.165) is 23.8 Å². The van der Waals surface area contributed by atoms with Crippen molar-refractivity contribution >= 4 is 0 Å². The van der Waals surface area contributed by atoms with Gasteiger partial charge in [0.05, 0.1) is 0 Å². The molecular formula is C26H34F2. The molecule has 1 atom stereocenters. The number of benzene rings is 2. The van der Waals surface area contributed by atoms with Crippen molar-refractivity contribution in [2.24, 2.45) is 17.8 Å². The minimum absolute atomic E-state index is 0.341. The topological polar surface area (TPSA) is 0 Å². The van der Waals surface area contributed by atoms with E-state index in [2.05, 4.69) is 26.0 Å². The third-order valence-corrected chi connectivity index (χ3v) is 6.76. The zero-order valence-electron chi connectivity index (χ0n) is 17.6. The van der Waals surface area contributed by atoms with Crippen LogP contribution in [0.15, 0.2) is 36.4 Å². The lowest BCUT2D eigenvalue weighted by Gasteiger charge is -2.32. The highest BCUT2D eigenvalue weighted by atomic mass is 19.2. The third kappa shape index (κ3) is 5.01. The van der Waals surface area contributed by atoms with E-state index < -0.39 is 11.6 Å². The zero-order valence-corrected chi connectivity index (χ0v) is 17.6.